The second kappa shape index (κ2) is 4.53. The fourth-order valence-corrected chi connectivity index (χ4v) is 2.20. The molecule has 0 aliphatic carbocycles. The third-order valence-corrected chi connectivity index (χ3v) is 3.00. The van der Waals surface area contributed by atoms with Gasteiger partial charge in [-0.3, -0.25) is 9.59 Å². The molecular weight excluding hydrogens is 250 g/mol. The summed E-state index contributed by atoms with van der Waals surface area (Å²) in [5.74, 6) is -0.611. The normalized spacial score (nSPS) is 24.7. The van der Waals surface area contributed by atoms with E-state index in [1.54, 1.807) is 0 Å². The van der Waals surface area contributed by atoms with Crippen LogP contribution in [0, 0.1) is 5.82 Å². The summed E-state index contributed by atoms with van der Waals surface area (Å²) in [5.41, 5.74) is -1.00. The van der Waals surface area contributed by atoms with Crippen LogP contribution >= 0.6 is 0 Å². The number of carbonyl (C=O) groups is 2. The second-order valence-corrected chi connectivity index (χ2v) is 3.97. The number of urea groups is 1. The molecule has 0 aromatic heterocycles. The minimum absolute atomic E-state index is 0. The summed E-state index contributed by atoms with van der Waals surface area (Å²) in [6, 6.07) is 3.19. The Morgan fingerprint density at radius 2 is 2.17 bits per heavy atom. The van der Waals surface area contributed by atoms with E-state index < -0.39 is 23.3 Å². The van der Waals surface area contributed by atoms with Gasteiger partial charge in [0.2, 0.25) is 0 Å². The number of hydrogen-bond acceptors (Lipinski definition) is 3. The third-order valence-electron chi connectivity index (χ3n) is 3.00. The molecule has 5 nitrogen and oxygen atoms in total. The first kappa shape index (κ1) is 13.3. The first-order valence-corrected chi connectivity index (χ1v) is 5.13. The minimum atomic E-state index is -1.31. The Labute approximate surface area is 124 Å². The van der Waals surface area contributed by atoms with Gasteiger partial charge in [0.1, 0.15) is 11.6 Å². The van der Waals surface area contributed by atoms with Gasteiger partial charge < -0.3 is 15.4 Å². The monoisotopic (exact) mass is 258 g/mol. The van der Waals surface area contributed by atoms with Crippen LogP contribution in [0.1, 0.15) is 12.0 Å². The summed E-state index contributed by atoms with van der Waals surface area (Å²) < 4.78 is 18.6. The van der Waals surface area contributed by atoms with Crippen molar-refractivity contribution in [3.05, 3.63) is 34.9 Å². The van der Waals surface area contributed by atoms with Crippen LogP contribution in [0.25, 0.3) is 5.32 Å². The zero-order valence-corrected chi connectivity index (χ0v) is 11.7. The number of nitrogens with zero attached hydrogens (tertiary/aromatic N) is 1. The van der Waals surface area contributed by atoms with E-state index >= 15 is 0 Å². The standard InChI is InChI=1S/C11H9FN2O3.Na/c12-6-1-2-8-7(5-6)11(3-4-17-8)9(15)13-10(16)14-11;/h1-2,5H,3-4H2,(H2,13,14,15,16);/q;+1/p-1. The summed E-state index contributed by atoms with van der Waals surface area (Å²) >= 11 is 0. The molecule has 7 heteroatoms. The second-order valence-electron chi connectivity index (χ2n) is 3.97. The molecule has 0 saturated carbocycles. The summed E-state index contributed by atoms with van der Waals surface area (Å²) in [6.07, 6.45) is 0.237. The van der Waals surface area contributed by atoms with E-state index in [1.165, 1.54) is 18.2 Å². The van der Waals surface area contributed by atoms with Crippen LogP contribution in [0.15, 0.2) is 18.2 Å². The molecular formula is C11H8FN2NaO3. The number of halogens is 1. The maximum Gasteiger partial charge on any atom is 1.00 e. The van der Waals surface area contributed by atoms with E-state index in [9.17, 15) is 14.0 Å². The van der Waals surface area contributed by atoms with Gasteiger partial charge in [-0.2, -0.15) is 0 Å². The largest absolute Gasteiger partial charge is 1.00 e. The smallest absolute Gasteiger partial charge is 0.493 e. The zero-order valence-electron chi connectivity index (χ0n) is 9.70. The number of hydrogen-bond donors (Lipinski definition) is 1. The first-order chi connectivity index (χ1) is 8.12. The van der Waals surface area contributed by atoms with Gasteiger partial charge in [-0.1, -0.05) is 0 Å². The van der Waals surface area contributed by atoms with Crippen LogP contribution in [0.4, 0.5) is 9.18 Å². The molecule has 18 heavy (non-hydrogen) atoms. The number of benzene rings is 1. The third kappa shape index (κ3) is 1.81. The van der Waals surface area contributed by atoms with Crippen molar-refractivity contribution in [1.29, 1.82) is 0 Å². The van der Waals surface area contributed by atoms with E-state index in [2.05, 4.69) is 10.6 Å². The number of rotatable bonds is 0. The topological polar surface area (TPSA) is 69.5 Å². The van der Waals surface area contributed by atoms with Crippen LogP contribution in [0.3, 0.4) is 0 Å². The molecule has 1 spiro atoms. The quantitative estimate of drug-likeness (QED) is 0.451. The molecule has 3 amide bonds. The number of ether oxygens (including phenoxy) is 1. The van der Waals surface area contributed by atoms with Crippen molar-refractivity contribution in [2.75, 3.05) is 6.61 Å². The van der Waals surface area contributed by atoms with Crippen molar-refractivity contribution in [1.82, 2.24) is 5.32 Å². The molecule has 88 valence electrons. The van der Waals surface area contributed by atoms with Crippen molar-refractivity contribution >= 4 is 11.9 Å². The number of carbonyl (C=O) groups excluding carboxylic acids is 2. The van der Waals surface area contributed by atoms with Gasteiger partial charge in [-0.15, -0.1) is 0 Å². The Kier molecular flexibility index (Phi) is 3.35. The molecule has 1 saturated heterocycles. The van der Waals surface area contributed by atoms with Gasteiger partial charge in [-0.05, 0) is 24.6 Å². The fourth-order valence-electron chi connectivity index (χ4n) is 2.20. The maximum absolute atomic E-state index is 13.2. The van der Waals surface area contributed by atoms with Crippen molar-refractivity contribution in [3.8, 4) is 5.75 Å². The first-order valence-electron chi connectivity index (χ1n) is 5.13. The molecule has 1 aromatic rings. The molecule has 1 unspecified atom stereocenters. The van der Waals surface area contributed by atoms with Crippen LogP contribution in [0.2, 0.25) is 0 Å². The molecule has 3 rings (SSSR count). The summed E-state index contributed by atoms with van der Waals surface area (Å²) in [6.45, 7) is 0.267. The van der Waals surface area contributed by atoms with E-state index in [4.69, 9.17) is 4.74 Å². The van der Waals surface area contributed by atoms with Crippen molar-refractivity contribution < 1.29 is 48.3 Å². The summed E-state index contributed by atoms with van der Waals surface area (Å²) in [7, 11) is 0. The summed E-state index contributed by atoms with van der Waals surface area (Å²) in [5, 5.41) is 5.91. The zero-order chi connectivity index (χ0) is 12.0. The molecule has 0 bridgehead atoms. The molecule has 2 heterocycles. The van der Waals surface area contributed by atoms with Crippen molar-refractivity contribution in [2.24, 2.45) is 0 Å². The predicted octanol–water partition coefficient (Wildman–Crippen LogP) is -1.57. The van der Waals surface area contributed by atoms with Gasteiger partial charge in [0.25, 0.3) is 0 Å². The molecule has 1 aromatic carbocycles. The Morgan fingerprint density at radius 3 is 2.83 bits per heavy atom. The van der Waals surface area contributed by atoms with Crippen molar-refractivity contribution in [3.63, 3.8) is 0 Å². The van der Waals surface area contributed by atoms with Gasteiger partial charge in [0.15, 0.2) is 11.9 Å². The Bertz CT molecular complexity index is 537. The summed E-state index contributed by atoms with van der Waals surface area (Å²) in [4.78, 5) is 23.0. The molecule has 1 atom stereocenters. The molecule has 1 fully saturated rings. The average Bonchev–Trinajstić information content (AvgIpc) is 2.56. The van der Waals surface area contributed by atoms with Gasteiger partial charge in [0, 0.05) is 5.56 Å². The molecule has 0 radical (unpaired) electrons. The Hall–Kier alpha value is -1.11. The Morgan fingerprint density at radius 1 is 1.39 bits per heavy atom. The predicted molar refractivity (Wildman–Crippen MR) is 55.1 cm³/mol. The number of nitrogens with one attached hydrogen (secondary N) is 1. The van der Waals surface area contributed by atoms with E-state index in [0.29, 0.717) is 11.3 Å². The average molecular weight is 258 g/mol. The number of imide groups is 1. The van der Waals surface area contributed by atoms with Crippen LogP contribution in [0.5, 0.6) is 5.75 Å². The number of amides is 3. The van der Waals surface area contributed by atoms with Crippen LogP contribution in [-0.2, 0) is 10.3 Å². The SMILES string of the molecule is O=C1[N-]C2(CCOc3ccc(F)cc32)C(=O)N1.[Na+]. The van der Waals surface area contributed by atoms with Crippen LogP contribution < -0.4 is 39.6 Å². The van der Waals surface area contributed by atoms with E-state index in [0.717, 1.165) is 0 Å². The molecule has 2 aliphatic heterocycles. The van der Waals surface area contributed by atoms with Crippen LogP contribution in [-0.4, -0.2) is 18.5 Å². The minimum Gasteiger partial charge on any atom is -0.493 e. The van der Waals surface area contributed by atoms with Gasteiger partial charge >= 0.3 is 29.6 Å². The van der Waals surface area contributed by atoms with Gasteiger partial charge in [-0.25, -0.2) is 4.39 Å². The van der Waals surface area contributed by atoms with Crippen molar-refractivity contribution in [2.45, 2.75) is 12.0 Å². The Balaban J connectivity index is 0.00000120. The van der Waals surface area contributed by atoms with E-state index in [1.807, 2.05) is 0 Å². The maximum atomic E-state index is 13.2. The van der Waals surface area contributed by atoms with Gasteiger partial charge in [0.05, 0.1) is 12.1 Å². The van der Waals surface area contributed by atoms with E-state index in [-0.39, 0.29) is 42.6 Å². The molecule has 2 aliphatic rings. The fraction of sp³-hybridized carbons (Fsp3) is 0.273. The number of fused-ring (bicyclic) bond motifs is 2. The molecule has 1 N–H and O–H groups in total.